The molecule has 0 spiro atoms. The quantitative estimate of drug-likeness (QED) is 0.860. The summed E-state index contributed by atoms with van der Waals surface area (Å²) in [6.07, 6.45) is 5.34. The topological polar surface area (TPSA) is 21.3 Å². The van der Waals surface area contributed by atoms with Gasteiger partial charge in [0.25, 0.3) is 0 Å². The molecule has 1 aromatic rings. The van der Waals surface area contributed by atoms with Gasteiger partial charge in [0.1, 0.15) is 5.75 Å². The van der Waals surface area contributed by atoms with E-state index in [9.17, 15) is 0 Å². The summed E-state index contributed by atoms with van der Waals surface area (Å²) in [5, 5.41) is 3.72. The zero-order valence-electron chi connectivity index (χ0n) is 11.4. The van der Waals surface area contributed by atoms with Crippen LogP contribution in [0.15, 0.2) is 24.3 Å². The van der Waals surface area contributed by atoms with E-state index >= 15 is 0 Å². The van der Waals surface area contributed by atoms with E-state index in [0.29, 0.717) is 5.41 Å². The Bertz CT molecular complexity index is 427. The van der Waals surface area contributed by atoms with E-state index in [4.69, 9.17) is 4.74 Å². The molecule has 3 rings (SSSR count). The van der Waals surface area contributed by atoms with Gasteiger partial charge in [-0.3, -0.25) is 0 Å². The lowest BCUT2D eigenvalue weighted by molar-refractivity contribution is 0.129. The van der Waals surface area contributed by atoms with Gasteiger partial charge in [-0.25, -0.2) is 0 Å². The van der Waals surface area contributed by atoms with E-state index in [1.54, 1.807) is 7.11 Å². The molecule has 0 aliphatic heterocycles. The Balaban J connectivity index is 1.87. The van der Waals surface area contributed by atoms with Gasteiger partial charge in [0.2, 0.25) is 0 Å². The number of rotatable bonds is 5. The second-order valence-electron chi connectivity index (χ2n) is 5.95. The number of benzene rings is 1. The second-order valence-corrected chi connectivity index (χ2v) is 5.95. The average Bonchev–Trinajstić information content (AvgIpc) is 3.22. The Hall–Kier alpha value is -1.02. The highest BCUT2D eigenvalue weighted by Crippen LogP contribution is 2.51. The van der Waals surface area contributed by atoms with Crippen molar-refractivity contribution >= 4 is 0 Å². The predicted molar refractivity (Wildman–Crippen MR) is 74.1 cm³/mol. The fourth-order valence-electron chi connectivity index (χ4n) is 3.21. The number of nitrogens with one attached hydrogen (secondary N) is 1. The number of para-hydroxylation sites is 1. The van der Waals surface area contributed by atoms with Crippen LogP contribution in [0.5, 0.6) is 5.75 Å². The van der Waals surface area contributed by atoms with Gasteiger partial charge in [-0.15, -0.1) is 0 Å². The van der Waals surface area contributed by atoms with Crippen LogP contribution in [0.4, 0.5) is 0 Å². The third kappa shape index (κ3) is 1.93. The van der Waals surface area contributed by atoms with Crippen LogP contribution < -0.4 is 10.1 Å². The number of hydrogen-bond acceptors (Lipinski definition) is 2. The normalized spacial score (nSPS) is 30.9. The maximum atomic E-state index is 5.57. The Morgan fingerprint density at radius 3 is 2.61 bits per heavy atom. The van der Waals surface area contributed by atoms with Crippen molar-refractivity contribution in [2.24, 2.45) is 5.92 Å². The molecular formula is C16H23NO. The van der Waals surface area contributed by atoms with Crippen molar-refractivity contribution in [3.05, 3.63) is 29.8 Å². The van der Waals surface area contributed by atoms with Crippen molar-refractivity contribution in [1.82, 2.24) is 5.32 Å². The van der Waals surface area contributed by atoms with Crippen LogP contribution in [-0.2, 0) is 5.41 Å². The summed E-state index contributed by atoms with van der Waals surface area (Å²) < 4.78 is 5.57. The van der Waals surface area contributed by atoms with Crippen LogP contribution in [0, 0.1) is 5.92 Å². The highest BCUT2D eigenvalue weighted by Gasteiger charge is 2.47. The predicted octanol–water partition coefficient (Wildman–Crippen LogP) is 3.11. The van der Waals surface area contributed by atoms with Crippen LogP contribution >= 0.6 is 0 Å². The summed E-state index contributed by atoms with van der Waals surface area (Å²) in [6.45, 7) is 3.49. The molecule has 0 saturated heterocycles. The van der Waals surface area contributed by atoms with Crippen molar-refractivity contribution in [3.63, 3.8) is 0 Å². The maximum Gasteiger partial charge on any atom is 0.122 e. The molecule has 0 radical (unpaired) electrons. The molecule has 0 bridgehead atoms. The molecule has 1 N–H and O–H groups in total. The van der Waals surface area contributed by atoms with Crippen molar-refractivity contribution in [2.75, 3.05) is 13.7 Å². The molecule has 18 heavy (non-hydrogen) atoms. The van der Waals surface area contributed by atoms with Gasteiger partial charge in [0, 0.05) is 23.6 Å². The summed E-state index contributed by atoms with van der Waals surface area (Å²) in [4.78, 5) is 0. The van der Waals surface area contributed by atoms with Gasteiger partial charge >= 0.3 is 0 Å². The van der Waals surface area contributed by atoms with Crippen molar-refractivity contribution in [1.29, 1.82) is 0 Å². The van der Waals surface area contributed by atoms with E-state index in [2.05, 4.69) is 36.5 Å². The largest absolute Gasteiger partial charge is 0.496 e. The standard InChI is InChI=1S/C16H23NO/c1-12-9-10-16(12,11-17-13-7-8-13)14-5-3-4-6-15(14)18-2/h3-6,12-13,17H,7-11H2,1-2H3. The lowest BCUT2D eigenvalue weighted by Gasteiger charge is -2.49. The molecule has 98 valence electrons. The Kier molecular flexibility index (Phi) is 3.06. The molecule has 0 amide bonds. The molecule has 2 aliphatic carbocycles. The van der Waals surface area contributed by atoms with Crippen molar-refractivity contribution in [2.45, 2.75) is 44.1 Å². The molecule has 2 aliphatic rings. The SMILES string of the molecule is COc1ccccc1C1(CNC2CC2)CCC1C. The van der Waals surface area contributed by atoms with Gasteiger partial charge in [0.05, 0.1) is 7.11 Å². The Morgan fingerprint density at radius 1 is 1.28 bits per heavy atom. The van der Waals surface area contributed by atoms with Crippen molar-refractivity contribution < 1.29 is 4.74 Å². The van der Waals surface area contributed by atoms with Crippen LogP contribution in [-0.4, -0.2) is 19.7 Å². The number of ether oxygens (including phenoxy) is 1. The zero-order valence-corrected chi connectivity index (χ0v) is 11.4. The van der Waals surface area contributed by atoms with Gasteiger partial charge in [-0.1, -0.05) is 25.1 Å². The highest BCUT2D eigenvalue weighted by atomic mass is 16.5. The van der Waals surface area contributed by atoms with Crippen molar-refractivity contribution in [3.8, 4) is 5.75 Å². The molecule has 0 heterocycles. The van der Waals surface area contributed by atoms with Gasteiger partial charge in [0.15, 0.2) is 0 Å². The number of methoxy groups -OCH3 is 1. The summed E-state index contributed by atoms with van der Waals surface area (Å²) in [5.41, 5.74) is 1.70. The fraction of sp³-hybridized carbons (Fsp3) is 0.625. The molecule has 1 aromatic carbocycles. The summed E-state index contributed by atoms with van der Waals surface area (Å²) >= 11 is 0. The van der Waals surface area contributed by atoms with Crippen LogP contribution in [0.25, 0.3) is 0 Å². The van der Waals surface area contributed by atoms with E-state index in [-0.39, 0.29) is 0 Å². The molecule has 2 atom stereocenters. The fourth-order valence-corrected chi connectivity index (χ4v) is 3.21. The van der Waals surface area contributed by atoms with E-state index in [1.165, 1.54) is 31.2 Å². The minimum absolute atomic E-state index is 0.301. The molecule has 0 aromatic heterocycles. The van der Waals surface area contributed by atoms with Crippen LogP contribution in [0.1, 0.15) is 38.2 Å². The molecule has 2 fully saturated rings. The Labute approximate surface area is 110 Å². The molecule has 2 unspecified atom stereocenters. The monoisotopic (exact) mass is 245 g/mol. The average molecular weight is 245 g/mol. The summed E-state index contributed by atoms with van der Waals surface area (Å²) in [6, 6.07) is 9.34. The smallest absolute Gasteiger partial charge is 0.122 e. The van der Waals surface area contributed by atoms with Gasteiger partial charge < -0.3 is 10.1 Å². The second kappa shape index (κ2) is 4.58. The Morgan fingerprint density at radius 2 is 2.06 bits per heavy atom. The lowest BCUT2D eigenvalue weighted by atomic mass is 9.57. The first-order valence-corrected chi connectivity index (χ1v) is 7.13. The van der Waals surface area contributed by atoms with Gasteiger partial charge in [-0.2, -0.15) is 0 Å². The first-order chi connectivity index (χ1) is 8.76. The first-order valence-electron chi connectivity index (χ1n) is 7.13. The first kappa shape index (κ1) is 12.0. The molecule has 2 heteroatoms. The van der Waals surface area contributed by atoms with Crippen LogP contribution in [0.3, 0.4) is 0 Å². The third-order valence-electron chi connectivity index (χ3n) is 4.89. The highest BCUT2D eigenvalue weighted by molar-refractivity contribution is 5.42. The van der Waals surface area contributed by atoms with Crippen LogP contribution in [0.2, 0.25) is 0 Å². The zero-order chi connectivity index (χ0) is 12.6. The third-order valence-corrected chi connectivity index (χ3v) is 4.89. The number of hydrogen-bond donors (Lipinski definition) is 1. The van der Waals surface area contributed by atoms with E-state index < -0.39 is 0 Å². The summed E-state index contributed by atoms with van der Waals surface area (Å²) in [7, 11) is 1.78. The molecular weight excluding hydrogens is 222 g/mol. The minimum atomic E-state index is 0.301. The molecule has 2 saturated carbocycles. The molecule has 2 nitrogen and oxygen atoms in total. The lowest BCUT2D eigenvalue weighted by Crippen LogP contribution is -2.50. The summed E-state index contributed by atoms with van der Waals surface area (Å²) in [5.74, 6) is 1.81. The van der Waals surface area contributed by atoms with E-state index in [1.807, 2.05) is 0 Å². The van der Waals surface area contributed by atoms with E-state index in [0.717, 1.165) is 24.3 Å². The maximum absolute atomic E-state index is 5.57. The minimum Gasteiger partial charge on any atom is -0.496 e. The van der Waals surface area contributed by atoms with Gasteiger partial charge in [-0.05, 0) is 37.7 Å².